The van der Waals surface area contributed by atoms with Crippen molar-refractivity contribution in [2.75, 3.05) is 26.2 Å². The molecule has 0 N–H and O–H groups in total. The number of rotatable bonds is 4. The third-order valence-electron chi connectivity index (χ3n) is 5.47. The van der Waals surface area contributed by atoms with Crippen LogP contribution in [0.5, 0.6) is 0 Å². The van der Waals surface area contributed by atoms with E-state index in [4.69, 9.17) is 11.6 Å². The molecule has 0 aliphatic carbocycles. The van der Waals surface area contributed by atoms with Gasteiger partial charge in [-0.1, -0.05) is 36.6 Å². The topological polar surface area (TPSA) is 23.6 Å². The number of carbonyl (C=O) groups excluding carboxylic acids is 1. The Hall–Kier alpha value is -1.06. The molecule has 0 radical (unpaired) electrons. The molecule has 3 rings (SSSR count). The number of halogens is 1. The van der Waals surface area contributed by atoms with E-state index in [1.165, 1.54) is 45.2 Å². The number of hydrogen-bond donors (Lipinski definition) is 0. The number of likely N-dealkylation sites (tertiary alicyclic amines) is 2. The van der Waals surface area contributed by atoms with E-state index in [0.29, 0.717) is 16.6 Å². The minimum atomic E-state index is 0.112. The molecule has 1 atom stereocenters. The molecule has 3 nitrogen and oxygen atoms in total. The van der Waals surface area contributed by atoms with Crippen LogP contribution in [-0.4, -0.2) is 47.9 Å². The summed E-state index contributed by atoms with van der Waals surface area (Å²) in [6.07, 6.45) is 9.96. The van der Waals surface area contributed by atoms with Gasteiger partial charge >= 0.3 is 0 Å². The zero-order chi connectivity index (χ0) is 16.8. The summed E-state index contributed by atoms with van der Waals surface area (Å²) in [7, 11) is 0. The average Bonchev–Trinajstić information content (AvgIpc) is 2.89. The molecule has 1 amide bonds. The predicted octanol–water partition coefficient (Wildman–Crippen LogP) is 4.60. The van der Waals surface area contributed by atoms with Crippen molar-refractivity contribution in [2.45, 2.75) is 57.4 Å². The van der Waals surface area contributed by atoms with Gasteiger partial charge in [0, 0.05) is 19.1 Å². The third kappa shape index (κ3) is 4.52. The Morgan fingerprint density at radius 2 is 1.71 bits per heavy atom. The van der Waals surface area contributed by atoms with Crippen molar-refractivity contribution in [3.05, 3.63) is 34.9 Å². The summed E-state index contributed by atoms with van der Waals surface area (Å²) in [6, 6.07) is 7.81. The molecule has 0 bridgehead atoms. The van der Waals surface area contributed by atoms with Crippen LogP contribution in [0.1, 0.15) is 61.7 Å². The molecule has 4 heteroatoms. The van der Waals surface area contributed by atoms with Crippen LogP contribution >= 0.6 is 11.6 Å². The summed E-state index contributed by atoms with van der Waals surface area (Å²) in [4.78, 5) is 17.6. The highest BCUT2D eigenvalue weighted by Crippen LogP contribution is 2.25. The largest absolute Gasteiger partial charge is 0.336 e. The van der Waals surface area contributed by atoms with Gasteiger partial charge in [0.2, 0.25) is 0 Å². The Morgan fingerprint density at radius 1 is 1.00 bits per heavy atom. The molecule has 24 heavy (non-hydrogen) atoms. The second-order valence-electron chi connectivity index (χ2n) is 7.17. The molecule has 2 fully saturated rings. The molecule has 132 valence electrons. The molecule has 1 aromatic rings. The summed E-state index contributed by atoms with van der Waals surface area (Å²) in [5, 5.41) is 0.569. The van der Waals surface area contributed by atoms with Crippen molar-refractivity contribution in [2.24, 2.45) is 0 Å². The number of benzene rings is 1. The average molecular weight is 349 g/mol. The zero-order valence-corrected chi connectivity index (χ0v) is 15.3. The van der Waals surface area contributed by atoms with E-state index in [1.54, 1.807) is 0 Å². The van der Waals surface area contributed by atoms with Crippen LogP contribution < -0.4 is 0 Å². The van der Waals surface area contributed by atoms with E-state index in [0.717, 1.165) is 32.4 Å². The van der Waals surface area contributed by atoms with E-state index in [9.17, 15) is 4.79 Å². The first-order valence-electron chi connectivity index (χ1n) is 9.53. The van der Waals surface area contributed by atoms with Crippen molar-refractivity contribution < 1.29 is 4.79 Å². The van der Waals surface area contributed by atoms with E-state index in [2.05, 4.69) is 9.80 Å². The lowest BCUT2D eigenvalue weighted by Crippen LogP contribution is -2.45. The number of nitrogens with zero attached hydrogens (tertiary/aromatic N) is 2. The lowest BCUT2D eigenvalue weighted by atomic mass is 9.97. The van der Waals surface area contributed by atoms with Crippen LogP contribution in [0.2, 0.25) is 5.02 Å². The molecule has 1 aromatic carbocycles. The lowest BCUT2D eigenvalue weighted by Gasteiger charge is -2.37. The molecular formula is C20H29ClN2O. The Balaban J connectivity index is 1.62. The fourth-order valence-corrected chi connectivity index (χ4v) is 4.27. The van der Waals surface area contributed by atoms with E-state index < -0.39 is 0 Å². The molecule has 2 aliphatic heterocycles. The number of carbonyl (C=O) groups is 1. The van der Waals surface area contributed by atoms with Gasteiger partial charge in [-0.15, -0.1) is 0 Å². The maximum atomic E-state index is 13.0. The summed E-state index contributed by atoms with van der Waals surface area (Å²) in [5.41, 5.74) is 0.654. The van der Waals surface area contributed by atoms with Crippen LogP contribution in [0, 0.1) is 0 Å². The third-order valence-corrected chi connectivity index (χ3v) is 5.80. The van der Waals surface area contributed by atoms with Gasteiger partial charge < -0.3 is 9.80 Å². The number of amides is 1. The van der Waals surface area contributed by atoms with Gasteiger partial charge in [0.25, 0.3) is 5.91 Å². The quantitative estimate of drug-likeness (QED) is 0.793. The van der Waals surface area contributed by atoms with E-state index >= 15 is 0 Å². The summed E-state index contributed by atoms with van der Waals surface area (Å²) in [6.45, 7) is 4.45. The van der Waals surface area contributed by atoms with Gasteiger partial charge in [-0.3, -0.25) is 4.79 Å². The Kier molecular flexibility index (Phi) is 6.56. The van der Waals surface area contributed by atoms with Crippen molar-refractivity contribution in [1.29, 1.82) is 0 Å². The number of hydrogen-bond acceptors (Lipinski definition) is 2. The molecule has 0 saturated carbocycles. The fraction of sp³-hybridized carbons (Fsp3) is 0.650. The molecule has 2 heterocycles. The fourth-order valence-electron chi connectivity index (χ4n) is 4.05. The summed E-state index contributed by atoms with van der Waals surface area (Å²) >= 11 is 6.25. The van der Waals surface area contributed by atoms with Gasteiger partial charge in [0.15, 0.2) is 0 Å². The highest BCUT2D eigenvalue weighted by molar-refractivity contribution is 6.33. The van der Waals surface area contributed by atoms with Gasteiger partial charge in [0.05, 0.1) is 10.6 Å². The van der Waals surface area contributed by atoms with E-state index in [-0.39, 0.29) is 5.91 Å². The van der Waals surface area contributed by atoms with E-state index in [1.807, 2.05) is 24.3 Å². The standard InChI is InChI=1S/C20H29ClN2O/c21-19-11-4-3-10-18(19)20(24)23-15-8-5-9-17(23)12-16-22-13-6-1-2-7-14-22/h3-4,10-11,17H,1-2,5-9,12-16H2/t17-/m1/s1. The molecule has 0 spiro atoms. The van der Waals surface area contributed by atoms with Crippen molar-refractivity contribution in [3.8, 4) is 0 Å². The first-order chi connectivity index (χ1) is 11.8. The first-order valence-corrected chi connectivity index (χ1v) is 9.91. The highest BCUT2D eigenvalue weighted by Gasteiger charge is 2.28. The van der Waals surface area contributed by atoms with Crippen LogP contribution in [-0.2, 0) is 0 Å². The maximum Gasteiger partial charge on any atom is 0.255 e. The molecule has 0 unspecified atom stereocenters. The predicted molar refractivity (Wildman–Crippen MR) is 99.7 cm³/mol. The summed E-state index contributed by atoms with van der Waals surface area (Å²) < 4.78 is 0. The van der Waals surface area contributed by atoms with Crippen molar-refractivity contribution in [1.82, 2.24) is 9.80 Å². The molecule has 2 saturated heterocycles. The normalized spacial score (nSPS) is 23.0. The lowest BCUT2D eigenvalue weighted by molar-refractivity contribution is 0.0584. The van der Waals surface area contributed by atoms with Gasteiger partial charge in [0.1, 0.15) is 0 Å². The van der Waals surface area contributed by atoms with Gasteiger partial charge in [-0.2, -0.15) is 0 Å². The van der Waals surface area contributed by atoms with Crippen LogP contribution in [0.3, 0.4) is 0 Å². The van der Waals surface area contributed by atoms with Gasteiger partial charge in [-0.05, 0) is 63.7 Å². The molecular weight excluding hydrogens is 320 g/mol. The van der Waals surface area contributed by atoms with Crippen molar-refractivity contribution >= 4 is 17.5 Å². The highest BCUT2D eigenvalue weighted by atomic mass is 35.5. The minimum absolute atomic E-state index is 0.112. The summed E-state index contributed by atoms with van der Waals surface area (Å²) in [5.74, 6) is 0.112. The monoisotopic (exact) mass is 348 g/mol. The Morgan fingerprint density at radius 3 is 2.46 bits per heavy atom. The Labute approximate surface area is 151 Å². The second-order valence-corrected chi connectivity index (χ2v) is 7.58. The Bertz CT molecular complexity index is 540. The smallest absolute Gasteiger partial charge is 0.255 e. The van der Waals surface area contributed by atoms with Crippen molar-refractivity contribution in [3.63, 3.8) is 0 Å². The van der Waals surface area contributed by atoms with Crippen LogP contribution in [0.25, 0.3) is 0 Å². The zero-order valence-electron chi connectivity index (χ0n) is 14.6. The van der Waals surface area contributed by atoms with Gasteiger partial charge in [-0.25, -0.2) is 0 Å². The minimum Gasteiger partial charge on any atom is -0.336 e. The maximum absolute atomic E-state index is 13.0. The molecule has 2 aliphatic rings. The second kappa shape index (κ2) is 8.87. The first kappa shape index (κ1) is 17.8. The number of piperidine rings is 1. The SMILES string of the molecule is O=C(c1ccccc1Cl)N1CCCC[C@@H]1CCN1CCCCCC1. The van der Waals surface area contributed by atoms with Crippen LogP contribution in [0.4, 0.5) is 0 Å². The molecule has 0 aromatic heterocycles. The van der Waals surface area contributed by atoms with Crippen LogP contribution in [0.15, 0.2) is 24.3 Å².